The molecule has 1 aliphatic heterocycles. The molecular weight excluding hydrogens is 312 g/mol. The monoisotopic (exact) mass is 346 g/mol. The summed E-state index contributed by atoms with van der Waals surface area (Å²) in [7, 11) is 0. The Morgan fingerprint density at radius 3 is 2.28 bits per heavy atom. The summed E-state index contributed by atoms with van der Waals surface area (Å²) >= 11 is 0. The van der Waals surface area contributed by atoms with Crippen molar-refractivity contribution in [1.82, 2.24) is 10.2 Å². The Labute approximate surface area is 152 Å². The topological polar surface area (TPSA) is 61.6 Å². The van der Waals surface area contributed by atoms with E-state index < -0.39 is 5.41 Å². The van der Waals surface area contributed by atoms with Gasteiger partial charge in [-0.3, -0.25) is 9.69 Å². The number of rotatable bonds is 8. The Morgan fingerprint density at radius 2 is 1.76 bits per heavy atom. The van der Waals surface area contributed by atoms with Crippen LogP contribution in [-0.4, -0.2) is 56.1 Å². The number of hydrogen-bond acceptors (Lipinski definition) is 4. The van der Waals surface area contributed by atoms with Crippen molar-refractivity contribution >= 4 is 11.6 Å². The predicted molar refractivity (Wildman–Crippen MR) is 105 cm³/mol. The molecule has 1 unspecified atom stereocenters. The molecule has 1 aromatic rings. The molecule has 5 heteroatoms. The Bertz CT molecular complexity index is 513. The van der Waals surface area contributed by atoms with E-state index in [4.69, 9.17) is 5.73 Å². The van der Waals surface area contributed by atoms with Crippen LogP contribution in [0.5, 0.6) is 0 Å². The van der Waals surface area contributed by atoms with Crippen LogP contribution in [0.25, 0.3) is 0 Å². The quantitative estimate of drug-likeness (QED) is 0.756. The normalized spacial score (nSPS) is 17.4. The number of nitrogens with zero attached hydrogens (tertiary/aromatic N) is 2. The van der Waals surface area contributed by atoms with Crippen LogP contribution in [-0.2, 0) is 4.79 Å². The SMILES string of the molecule is CCC(CC)(CN)C(=O)NC(C)CN1CCN(c2ccccc2)CC1. The molecule has 25 heavy (non-hydrogen) atoms. The number of benzene rings is 1. The van der Waals surface area contributed by atoms with Crippen molar-refractivity contribution in [1.29, 1.82) is 0 Å². The lowest BCUT2D eigenvalue weighted by Crippen LogP contribution is -2.53. The van der Waals surface area contributed by atoms with E-state index in [9.17, 15) is 4.79 Å². The molecule has 0 spiro atoms. The molecule has 0 aromatic heterocycles. The van der Waals surface area contributed by atoms with Crippen LogP contribution in [0.15, 0.2) is 30.3 Å². The molecular formula is C20H34N4O. The van der Waals surface area contributed by atoms with Gasteiger partial charge in [-0.1, -0.05) is 32.0 Å². The average molecular weight is 347 g/mol. The summed E-state index contributed by atoms with van der Waals surface area (Å²) in [5, 5.41) is 3.19. The molecule has 1 amide bonds. The zero-order chi connectivity index (χ0) is 18.3. The van der Waals surface area contributed by atoms with Gasteiger partial charge in [0.2, 0.25) is 5.91 Å². The number of nitrogens with two attached hydrogens (primary N) is 1. The highest BCUT2D eigenvalue weighted by Crippen LogP contribution is 2.25. The van der Waals surface area contributed by atoms with Gasteiger partial charge < -0.3 is 16.0 Å². The third kappa shape index (κ3) is 4.95. The fourth-order valence-corrected chi connectivity index (χ4v) is 3.59. The van der Waals surface area contributed by atoms with Crippen molar-refractivity contribution in [2.75, 3.05) is 44.2 Å². The highest BCUT2D eigenvalue weighted by molar-refractivity contribution is 5.83. The molecule has 0 bridgehead atoms. The summed E-state index contributed by atoms with van der Waals surface area (Å²) in [4.78, 5) is 17.5. The van der Waals surface area contributed by atoms with Crippen LogP contribution < -0.4 is 16.0 Å². The average Bonchev–Trinajstić information content (AvgIpc) is 2.65. The third-order valence-electron chi connectivity index (χ3n) is 5.63. The van der Waals surface area contributed by atoms with Crippen LogP contribution in [0, 0.1) is 5.41 Å². The van der Waals surface area contributed by atoms with Crippen LogP contribution in [0.2, 0.25) is 0 Å². The van der Waals surface area contributed by atoms with Crippen molar-refractivity contribution in [2.24, 2.45) is 11.1 Å². The number of amides is 1. The molecule has 1 heterocycles. The van der Waals surface area contributed by atoms with Crippen molar-refractivity contribution in [3.8, 4) is 0 Å². The summed E-state index contributed by atoms with van der Waals surface area (Å²) in [5.74, 6) is 0.107. The Hall–Kier alpha value is -1.59. The first-order valence-corrected chi connectivity index (χ1v) is 9.58. The van der Waals surface area contributed by atoms with Crippen LogP contribution in [0.1, 0.15) is 33.6 Å². The van der Waals surface area contributed by atoms with Gasteiger partial charge in [0, 0.05) is 51.0 Å². The summed E-state index contributed by atoms with van der Waals surface area (Å²) < 4.78 is 0. The number of anilines is 1. The van der Waals surface area contributed by atoms with Crippen molar-refractivity contribution in [2.45, 2.75) is 39.7 Å². The number of carbonyl (C=O) groups is 1. The van der Waals surface area contributed by atoms with Gasteiger partial charge in [0.15, 0.2) is 0 Å². The van der Waals surface area contributed by atoms with E-state index in [2.05, 4.69) is 52.4 Å². The first-order valence-electron chi connectivity index (χ1n) is 9.58. The minimum absolute atomic E-state index is 0.107. The second kappa shape index (κ2) is 9.20. The molecule has 1 aliphatic rings. The lowest BCUT2D eigenvalue weighted by Gasteiger charge is -2.38. The Balaban J connectivity index is 1.80. The molecule has 140 valence electrons. The number of para-hydroxylation sites is 1. The van der Waals surface area contributed by atoms with E-state index in [0.29, 0.717) is 6.54 Å². The Morgan fingerprint density at radius 1 is 1.16 bits per heavy atom. The molecule has 0 saturated carbocycles. The smallest absolute Gasteiger partial charge is 0.227 e. The van der Waals surface area contributed by atoms with Crippen LogP contribution in [0.3, 0.4) is 0 Å². The van der Waals surface area contributed by atoms with Crippen molar-refractivity contribution in [3.05, 3.63) is 30.3 Å². The first kappa shape index (κ1) is 19.7. The highest BCUT2D eigenvalue weighted by Gasteiger charge is 2.34. The van der Waals surface area contributed by atoms with E-state index in [1.807, 2.05) is 13.8 Å². The minimum Gasteiger partial charge on any atom is -0.369 e. The van der Waals surface area contributed by atoms with Crippen molar-refractivity contribution in [3.63, 3.8) is 0 Å². The molecule has 0 aliphatic carbocycles. The largest absolute Gasteiger partial charge is 0.369 e. The Kier molecular flexibility index (Phi) is 7.26. The number of piperazine rings is 1. The standard InChI is InChI=1S/C20H34N4O/c1-4-20(5-2,16-21)19(25)22-17(3)15-23-11-13-24(14-12-23)18-9-7-6-8-10-18/h6-10,17H,4-5,11-16,21H2,1-3H3,(H,22,25). The fourth-order valence-electron chi connectivity index (χ4n) is 3.59. The summed E-state index contributed by atoms with van der Waals surface area (Å²) in [6.07, 6.45) is 1.57. The summed E-state index contributed by atoms with van der Waals surface area (Å²) in [5.41, 5.74) is 6.76. The summed E-state index contributed by atoms with van der Waals surface area (Å²) in [6.45, 7) is 11.6. The van der Waals surface area contributed by atoms with Crippen LogP contribution in [0.4, 0.5) is 5.69 Å². The molecule has 1 saturated heterocycles. The van der Waals surface area contributed by atoms with Crippen molar-refractivity contribution < 1.29 is 4.79 Å². The molecule has 3 N–H and O–H groups in total. The van der Waals surface area contributed by atoms with E-state index in [0.717, 1.165) is 45.6 Å². The maximum absolute atomic E-state index is 12.6. The molecule has 5 nitrogen and oxygen atoms in total. The van der Waals surface area contributed by atoms with Gasteiger partial charge in [-0.05, 0) is 31.9 Å². The second-order valence-corrected chi connectivity index (χ2v) is 7.19. The van der Waals surface area contributed by atoms with E-state index >= 15 is 0 Å². The molecule has 2 rings (SSSR count). The fraction of sp³-hybridized carbons (Fsp3) is 0.650. The lowest BCUT2D eigenvalue weighted by molar-refractivity contribution is -0.131. The molecule has 1 atom stereocenters. The maximum atomic E-state index is 12.6. The zero-order valence-corrected chi connectivity index (χ0v) is 16.0. The molecule has 1 fully saturated rings. The van der Waals surface area contributed by atoms with Gasteiger partial charge in [0.25, 0.3) is 0 Å². The van der Waals surface area contributed by atoms with E-state index in [1.165, 1.54) is 5.69 Å². The van der Waals surface area contributed by atoms with Gasteiger partial charge in [-0.25, -0.2) is 0 Å². The zero-order valence-electron chi connectivity index (χ0n) is 16.0. The van der Waals surface area contributed by atoms with E-state index in [1.54, 1.807) is 0 Å². The second-order valence-electron chi connectivity index (χ2n) is 7.19. The highest BCUT2D eigenvalue weighted by atomic mass is 16.2. The molecule has 0 radical (unpaired) electrons. The predicted octanol–water partition coefficient (Wildman–Crippen LogP) is 2.08. The van der Waals surface area contributed by atoms with Gasteiger partial charge >= 0.3 is 0 Å². The van der Waals surface area contributed by atoms with Gasteiger partial charge in [0.1, 0.15) is 0 Å². The third-order valence-corrected chi connectivity index (χ3v) is 5.63. The van der Waals surface area contributed by atoms with Gasteiger partial charge in [-0.15, -0.1) is 0 Å². The molecule has 1 aromatic carbocycles. The van der Waals surface area contributed by atoms with E-state index in [-0.39, 0.29) is 11.9 Å². The number of carbonyl (C=O) groups excluding carboxylic acids is 1. The number of hydrogen-bond donors (Lipinski definition) is 2. The maximum Gasteiger partial charge on any atom is 0.227 e. The summed E-state index contributed by atoms with van der Waals surface area (Å²) in [6, 6.07) is 10.7. The minimum atomic E-state index is -0.416. The lowest BCUT2D eigenvalue weighted by atomic mass is 9.81. The first-order chi connectivity index (χ1) is 12.0. The van der Waals surface area contributed by atoms with Crippen LogP contribution >= 0.6 is 0 Å². The van der Waals surface area contributed by atoms with Gasteiger partial charge in [-0.2, -0.15) is 0 Å². The number of nitrogens with one attached hydrogen (secondary N) is 1. The van der Waals surface area contributed by atoms with Gasteiger partial charge in [0.05, 0.1) is 5.41 Å².